The highest BCUT2D eigenvalue weighted by molar-refractivity contribution is 5.90. The topological polar surface area (TPSA) is 191 Å². The van der Waals surface area contributed by atoms with E-state index in [0.29, 0.717) is 36.8 Å². The minimum Gasteiger partial charge on any atom is -0.493 e. The number of aliphatic carboxylic acids is 4. The summed E-state index contributed by atoms with van der Waals surface area (Å²) in [5, 5.41) is 36.9. The smallest absolute Gasteiger partial charge is 0.328 e. The largest absolute Gasteiger partial charge is 0.493 e. The van der Waals surface area contributed by atoms with Gasteiger partial charge in [0.1, 0.15) is 5.75 Å². The Morgan fingerprint density at radius 1 is 0.898 bits per heavy atom. The highest BCUT2D eigenvalue weighted by Gasteiger charge is 2.22. The highest BCUT2D eigenvalue weighted by atomic mass is 16.5. The van der Waals surface area contributed by atoms with Crippen LogP contribution in [0.2, 0.25) is 0 Å². The highest BCUT2D eigenvalue weighted by Crippen LogP contribution is 2.33. The predicted octanol–water partition coefficient (Wildman–Crippen LogP) is 5.19. The summed E-state index contributed by atoms with van der Waals surface area (Å²) in [7, 11) is 4.15. The molecule has 1 aromatic heterocycles. The van der Waals surface area contributed by atoms with Gasteiger partial charge in [-0.3, -0.25) is 4.90 Å². The van der Waals surface area contributed by atoms with Gasteiger partial charge in [-0.25, -0.2) is 19.2 Å². The van der Waals surface area contributed by atoms with Gasteiger partial charge in [-0.1, -0.05) is 49.3 Å². The zero-order valence-electron chi connectivity index (χ0n) is 28.4. The summed E-state index contributed by atoms with van der Waals surface area (Å²) in [6.07, 6.45) is 6.91. The number of rotatable bonds is 14. The van der Waals surface area contributed by atoms with Crippen LogP contribution >= 0.6 is 0 Å². The molecule has 0 saturated carbocycles. The summed E-state index contributed by atoms with van der Waals surface area (Å²) in [5.41, 5.74) is 4.49. The van der Waals surface area contributed by atoms with Crippen LogP contribution in [0.5, 0.6) is 5.75 Å². The lowest BCUT2D eigenvalue weighted by Gasteiger charge is -2.32. The van der Waals surface area contributed by atoms with Crippen LogP contribution in [0.15, 0.2) is 71.3 Å². The van der Waals surface area contributed by atoms with Crippen LogP contribution in [0.25, 0.3) is 11.0 Å². The van der Waals surface area contributed by atoms with Gasteiger partial charge < -0.3 is 34.6 Å². The molecule has 0 amide bonds. The maximum atomic E-state index is 9.55. The van der Waals surface area contributed by atoms with Gasteiger partial charge in [0.25, 0.3) is 0 Å². The zero-order valence-corrected chi connectivity index (χ0v) is 28.4. The van der Waals surface area contributed by atoms with Crippen LogP contribution in [0, 0.1) is 11.8 Å². The van der Waals surface area contributed by atoms with Gasteiger partial charge in [-0.15, -0.1) is 0 Å². The zero-order chi connectivity index (χ0) is 36.3. The minimum absolute atomic E-state index is 0.484. The minimum atomic E-state index is -1.26. The van der Waals surface area contributed by atoms with Crippen molar-refractivity contribution in [1.82, 2.24) is 15.0 Å². The van der Waals surface area contributed by atoms with E-state index in [-0.39, 0.29) is 0 Å². The summed E-state index contributed by atoms with van der Waals surface area (Å²) < 4.78 is 12.0. The average molecular weight is 682 g/mol. The van der Waals surface area contributed by atoms with E-state index in [4.69, 9.17) is 29.7 Å². The Hall–Kier alpha value is -5.01. The molecule has 1 aliphatic rings. The summed E-state index contributed by atoms with van der Waals surface area (Å²) >= 11 is 0. The van der Waals surface area contributed by atoms with E-state index in [1.54, 1.807) is 0 Å². The van der Waals surface area contributed by atoms with Crippen LogP contribution in [0.4, 0.5) is 0 Å². The van der Waals surface area contributed by atoms with Crippen LogP contribution in [-0.2, 0) is 38.7 Å². The second kappa shape index (κ2) is 21.1. The Balaban J connectivity index is 0.000000432. The van der Waals surface area contributed by atoms with Crippen molar-refractivity contribution in [2.24, 2.45) is 11.8 Å². The van der Waals surface area contributed by atoms with Crippen molar-refractivity contribution in [3.63, 3.8) is 0 Å². The number of hydrogen-bond donors (Lipinski definition) is 4. The quantitative estimate of drug-likeness (QED) is 0.163. The first kappa shape index (κ1) is 40.2. The summed E-state index contributed by atoms with van der Waals surface area (Å²) in [4.78, 5) is 43.0. The lowest BCUT2D eigenvalue weighted by atomic mass is 9.91. The molecule has 13 nitrogen and oxygen atoms in total. The first-order valence-electron chi connectivity index (χ1n) is 16.0. The number of aryl methyl sites for hydroxylation is 1. The van der Waals surface area contributed by atoms with Crippen molar-refractivity contribution >= 4 is 34.8 Å². The van der Waals surface area contributed by atoms with Gasteiger partial charge in [-0.2, -0.15) is 0 Å². The number of aromatic nitrogens is 1. The third-order valence-corrected chi connectivity index (χ3v) is 7.30. The average Bonchev–Trinajstić information content (AvgIpc) is 3.46. The second-order valence-electron chi connectivity index (χ2n) is 12.3. The number of piperidine rings is 1. The number of carbonyl (C=O) groups is 4. The van der Waals surface area contributed by atoms with Gasteiger partial charge in [0, 0.05) is 42.8 Å². The van der Waals surface area contributed by atoms with E-state index in [1.165, 1.54) is 37.9 Å². The van der Waals surface area contributed by atoms with Crippen molar-refractivity contribution in [2.75, 3.05) is 33.8 Å². The molecular formula is C36H47N3O10. The second-order valence-corrected chi connectivity index (χ2v) is 12.3. The first-order valence-corrected chi connectivity index (χ1v) is 16.0. The molecule has 0 aliphatic carbocycles. The Morgan fingerprint density at radius 3 is 1.94 bits per heavy atom. The van der Waals surface area contributed by atoms with E-state index >= 15 is 0 Å². The predicted molar refractivity (Wildman–Crippen MR) is 183 cm³/mol. The molecule has 1 aliphatic heterocycles. The fourth-order valence-electron chi connectivity index (χ4n) is 5.03. The lowest BCUT2D eigenvalue weighted by Crippen LogP contribution is -2.33. The molecule has 4 N–H and O–H groups in total. The molecule has 3 aromatic rings. The molecule has 4 rings (SSSR count). The Kier molecular flexibility index (Phi) is 17.3. The van der Waals surface area contributed by atoms with Crippen molar-refractivity contribution < 1.29 is 48.9 Å². The third kappa shape index (κ3) is 16.1. The number of carboxylic acids is 4. The van der Waals surface area contributed by atoms with Crippen molar-refractivity contribution in [1.29, 1.82) is 0 Å². The maximum absolute atomic E-state index is 9.55. The van der Waals surface area contributed by atoms with E-state index in [9.17, 15) is 19.2 Å². The normalized spacial score (nSPS) is 13.7. The molecule has 266 valence electrons. The van der Waals surface area contributed by atoms with Crippen LogP contribution in [0.1, 0.15) is 49.9 Å². The van der Waals surface area contributed by atoms with Crippen LogP contribution < -0.4 is 4.74 Å². The van der Waals surface area contributed by atoms with E-state index in [1.807, 2.05) is 0 Å². The molecule has 13 heteroatoms. The van der Waals surface area contributed by atoms with Crippen molar-refractivity contribution in [3.8, 4) is 5.75 Å². The standard InChI is InChI=1S/C28H39N3O2.2C4H4O4/c1-21(2)20-32-27-13-11-24-26(29-33-28(24)25(27)19-30(3)4)12-10-22-14-16-31(17-15-22)18-23-8-6-5-7-9-23;2*5-3(6)1-2-4(7)8/h5-9,11,13,21-22H,10,12,14-20H2,1-4H3;2*1-2H,(H,5,6)(H,7,8). The molecule has 49 heavy (non-hydrogen) atoms. The van der Waals surface area contributed by atoms with E-state index in [2.05, 4.69) is 85.4 Å². The lowest BCUT2D eigenvalue weighted by molar-refractivity contribution is -0.134. The molecule has 0 unspecified atom stereocenters. The summed E-state index contributed by atoms with van der Waals surface area (Å²) in [6, 6.07) is 15.1. The molecule has 0 spiro atoms. The number of fused-ring (bicyclic) bond motifs is 1. The molecule has 1 fully saturated rings. The van der Waals surface area contributed by atoms with Crippen LogP contribution in [0.3, 0.4) is 0 Å². The fraction of sp³-hybridized carbons (Fsp3) is 0.417. The fourth-order valence-corrected chi connectivity index (χ4v) is 5.03. The van der Waals surface area contributed by atoms with Gasteiger partial charge in [0.2, 0.25) is 0 Å². The molecule has 2 heterocycles. The van der Waals surface area contributed by atoms with Crippen molar-refractivity contribution in [3.05, 3.63) is 83.6 Å². The Morgan fingerprint density at radius 2 is 1.45 bits per heavy atom. The van der Waals surface area contributed by atoms with Crippen molar-refractivity contribution in [2.45, 2.75) is 52.6 Å². The summed E-state index contributed by atoms with van der Waals surface area (Å²) in [5.74, 6) is -2.87. The van der Waals surface area contributed by atoms with Gasteiger partial charge in [0.15, 0.2) is 5.58 Å². The number of hydrogen-bond acceptors (Lipinski definition) is 9. The SMILES string of the molecule is CC(C)COc1ccc2c(CCC3CCN(Cc4ccccc4)CC3)noc2c1CN(C)C.O=C(O)C=CC(=O)O.O=C(O)C=CC(=O)O. The first-order chi connectivity index (χ1) is 23.2. The Labute approximate surface area is 286 Å². The third-order valence-electron chi connectivity index (χ3n) is 7.30. The van der Waals surface area contributed by atoms with Gasteiger partial charge in [-0.05, 0) is 82.4 Å². The number of benzene rings is 2. The number of nitrogens with zero attached hydrogens (tertiary/aromatic N) is 3. The summed E-state index contributed by atoms with van der Waals surface area (Å²) in [6.45, 7) is 9.25. The molecular weight excluding hydrogens is 634 g/mol. The van der Waals surface area contributed by atoms with E-state index < -0.39 is 23.9 Å². The maximum Gasteiger partial charge on any atom is 0.328 e. The number of ether oxygens (including phenoxy) is 1. The molecule has 0 atom stereocenters. The molecule has 0 radical (unpaired) electrons. The molecule has 0 bridgehead atoms. The molecule has 1 saturated heterocycles. The number of carboxylic acid groups (broad SMARTS) is 4. The van der Waals surface area contributed by atoms with E-state index in [0.717, 1.165) is 53.4 Å². The number of likely N-dealkylation sites (tertiary alicyclic amines) is 1. The van der Waals surface area contributed by atoms with Gasteiger partial charge in [0.05, 0.1) is 17.9 Å². The van der Waals surface area contributed by atoms with Gasteiger partial charge >= 0.3 is 23.9 Å². The van der Waals surface area contributed by atoms with Crippen LogP contribution in [-0.4, -0.2) is 93.1 Å². The Bertz CT molecular complexity index is 1490. The monoisotopic (exact) mass is 681 g/mol. The molecule has 2 aromatic carbocycles.